The molecule has 46 valence electrons. The van der Waals surface area contributed by atoms with E-state index in [1.807, 2.05) is 0 Å². The number of hydrogen-bond acceptors (Lipinski definition) is 2. The van der Waals surface area contributed by atoms with Crippen molar-refractivity contribution < 1.29 is 9.59 Å². The van der Waals surface area contributed by atoms with E-state index in [-0.39, 0.29) is 6.04 Å². The first-order valence-electron chi connectivity index (χ1n) is 2.44. The third kappa shape index (κ3) is 3.33. The number of carbonyl (C=O) groups is 2. The van der Waals surface area contributed by atoms with E-state index in [2.05, 4.69) is 5.32 Å². The fraction of sp³-hybridized carbons (Fsp3) is 0.600. The molecule has 0 aliphatic carbocycles. The van der Waals surface area contributed by atoms with Crippen LogP contribution in [-0.4, -0.2) is 18.7 Å². The van der Waals surface area contributed by atoms with Gasteiger partial charge >= 0.3 is 0 Å². The molecule has 0 bridgehead atoms. The highest BCUT2D eigenvalue weighted by Crippen LogP contribution is 1.81. The highest BCUT2D eigenvalue weighted by Gasteiger charge is 1.94. The summed E-state index contributed by atoms with van der Waals surface area (Å²) in [5.74, 6) is 0. The summed E-state index contributed by atoms with van der Waals surface area (Å²) in [4.78, 5) is 19.4. The largest absolute Gasteiger partial charge is 0.356 e. The smallest absolute Gasteiger partial charge is 0.207 e. The highest BCUT2D eigenvalue weighted by atomic mass is 16.1. The van der Waals surface area contributed by atoms with Gasteiger partial charge in [0.25, 0.3) is 0 Å². The quantitative estimate of drug-likeness (QED) is 0.512. The number of hydrogen-bond donors (Lipinski definition) is 1. The zero-order chi connectivity index (χ0) is 6.41. The Balaban J connectivity index is 3.16. The molecule has 8 heavy (non-hydrogen) atoms. The third-order valence-corrected chi connectivity index (χ3v) is 0.802. The molecular weight excluding hydrogens is 106 g/mol. The lowest BCUT2D eigenvalue weighted by molar-refractivity contribution is -0.110. The second-order valence-electron chi connectivity index (χ2n) is 1.59. The summed E-state index contributed by atoms with van der Waals surface area (Å²) >= 11 is 0. The standard InChI is InChI=1S/C5H9NO2/c1-5(2-3-7)6-4-8/h3-5H,2H2,1H3,(H,6,8). The molecule has 0 aromatic rings. The number of carbonyl (C=O) groups excluding carboxylic acids is 2. The third-order valence-electron chi connectivity index (χ3n) is 0.802. The van der Waals surface area contributed by atoms with E-state index in [0.29, 0.717) is 12.8 Å². The summed E-state index contributed by atoms with van der Waals surface area (Å²) in [6.07, 6.45) is 1.76. The average Bonchev–Trinajstić information content (AvgIpc) is 1.68. The number of aldehydes is 1. The van der Waals surface area contributed by atoms with Crippen molar-refractivity contribution in [1.29, 1.82) is 0 Å². The lowest BCUT2D eigenvalue weighted by Crippen LogP contribution is -2.24. The fourth-order valence-corrected chi connectivity index (χ4v) is 0.329. The predicted octanol–water partition coefficient (Wildman–Crippen LogP) is -0.290. The molecule has 1 unspecified atom stereocenters. The van der Waals surface area contributed by atoms with Crippen LogP contribution in [0.5, 0.6) is 0 Å². The van der Waals surface area contributed by atoms with Crippen LogP contribution < -0.4 is 5.32 Å². The molecule has 3 nitrogen and oxygen atoms in total. The van der Waals surface area contributed by atoms with Crippen molar-refractivity contribution in [3.63, 3.8) is 0 Å². The van der Waals surface area contributed by atoms with Crippen LogP contribution in [0, 0.1) is 0 Å². The first-order valence-corrected chi connectivity index (χ1v) is 2.44. The van der Waals surface area contributed by atoms with Gasteiger partial charge in [-0.2, -0.15) is 0 Å². The molecule has 3 heteroatoms. The Morgan fingerprint density at radius 2 is 2.25 bits per heavy atom. The highest BCUT2D eigenvalue weighted by molar-refractivity contribution is 5.53. The van der Waals surface area contributed by atoms with Gasteiger partial charge in [-0.1, -0.05) is 0 Å². The van der Waals surface area contributed by atoms with E-state index in [1.165, 1.54) is 0 Å². The molecule has 0 rings (SSSR count). The summed E-state index contributed by atoms with van der Waals surface area (Å²) in [5, 5.41) is 2.43. The monoisotopic (exact) mass is 115 g/mol. The SMILES string of the molecule is CC(CC=O)NC=O. The Bertz CT molecular complexity index is 72.5. The van der Waals surface area contributed by atoms with Gasteiger partial charge in [0, 0.05) is 12.5 Å². The van der Waals surface area contributed by atoms with Crippen molar-refractivity contribution in [3.05, 3.63) is 0 Å². The molecule has 0 aliphatic heterocycles. The second-order valence-corrected chi connectivity index (χ2v) is 1.59. The maximum Gasteiger partial charge on any atom is 0.207 e. The lowest BCUT2D eigenvalue weighted by atomic mass is 10.3. The first kappa shape index (κ1) is 7.14. The average molecular weight is 115 g/mol. The number of nitrogens with one attached hydrogen (secondary N) is 1. The summed E-state index contributed by atoms with van der Waals surface area (Å²) < 4.78 is 0. The van der Waals surface area contributed by atoms with Gasteiger partial charge in [0.05, 0.1) is 0 Å². The second kappa shape index (κ2) is 4.30. The van der Waals surface area contributed by atoms with Gasteiger partial charge in [0.2, 0.25) is 6.41 Å². The summed E-state index contributed by atoms with van der Waals surface area (Å²) in [5.41, 5.74) is 0. The molecule has 0 saturated heterocycles. The topological polar surface area (TPSA) is 46.2 Å². The minimum absolute atomic E-state index is 0.0231. The molecule has 0 aliphatic rings. The Hall–Kier alpha value is -0.860. The molecule has 0 fully saturated rings. The summed E-state index contributed by atoms with van der Waals surface area (Å²) in [6, 6.07) is -0.0231. The van der Waals surface area contributed by atoms with E-state index in [9.17, 15) is 9.59 Å². The molecule has 1 atom stereocenters. The summed E-state index contributed by atoms with van der Waals surface area (Å²) in [6.45, 7) is 1.77. The van der Waals surface area contributed by atoms with Crippen molar-refractivity contribution in [3.8, 4) is 0 Å². The molecule has 0 aromatic heterocycles. The molecule has 0 heterocycles. The number of rotatable bonds is 4. The molecular formula is C5H9NO2. The van der Waals surface area contributed by atoms with Crippen molar-refractivity contribution >= 4 is 12.7 Å². The molecule has 0 saturated carbocycles. The van der Waals surface area contributed by atoms with Gasteiger partial charge in [0.1, 0.15) is 6.29 Å². The van der Waals surface area contributed by atoms with Crippen molar-refractivity contribution in [2.24, 2.45) is 0 Å². The van der Waals surface area contributed by atoms with Gasteiger partial charge in [-0.05, 0) is 6.92 Å². The fourth-order valence-electron chi connectivity index (χ4n) is 0.329. The molecule has 0 spiro atoms. The van der Waals surface area contributed by atoms with Crippen LogP contribution in [0.15, 0.2) is 0 Å². The van der Waals surface area contributed by atoms with Gasteiger partial charge in [-0.3, -0.25) is 4.79 Å². The van der Waals surface area contributed by atoms with Crippen molar-refractivity contribution in [2.75, 3.05) is 0 Å². The van der Waals surface area contributed by atoms with Crippen LogP contribution >= 0.6 is 0 Å². The Morgan fingerprint density at radius 1 is 1.62 bits per heavy atom. The van der Waals surface area contributed by atoms with Crippen LogP contribution in [0.25, 0.3) is 0 Å². The predicted molar refractivity (Wildman–Crippen MR) is 29.3 cm³/mol. The van der Waals surface area contributed by atoms with Gasteiger partial charge in [0.15, 0.2) is 0 Å². The van der Waals surface area contributed by atoms with E-state index in [1.54, 1.807) is 6.92 Å². The lowest BCUT2D eigenvalue weighted by Gasteiger charge is -2.02. The van der Waals surface area contributed by atoms with Crippen LogP contribution in [-0.2, 0) is 9.59 Å². The first-order chi connectivity index (χ1) is 3.81. The number of amides is 1. The van der Waals surface area contributed by atoms with Gasteiger partial charge < -0.3 is 10.1 Å². The van der Waals surface area contributed by atoms with Crippen LogP contribution in [0.1, 0.15) is 13.3 Å². The Morgan fingerprint density at radius 3 is 2.62 bits per heavy atom. The molecule has 0 radical (unpaired) electrons. The van der Waals surface area contributed by atoms with Crippen LogP contribution in [0.4, 0.5) is 0 Å². The molecule has 1 N–H and O–H groups in total. The molecule has 0 aromatic carbocycles. The van der Waals surface area contributed by atoms with Gasteiger partial charge in [-0.15, -0.1) is 0 Å². The summed E-state index contributed by atoms with van der Waals surface area (Å²) in [7, 11) is 0. The van der Waals surface area contributed by atoms with Crippen LogP contribution in [0.2, 0.25) is 0 Å². The van der Waals surface area contributed by atoms with E-state index >= 15 is 0 Å². The van der Waals surface area contributed by atoms with E-state index < -0.39 is 0 Å². The van der Waals surface area contributed by atoms with Crippen molar-refractivity contribution in [2.45, 2.75) is 19.4 Å². The minimum Gasteiger partial charge on any atom is -0.356 e. The van der Waals surface area contributed by atoms with E-state index in [4.69, 9.17) is 0 Å². The maximum atomic E-state index is 9.73. The maximum absolute atomic E-state index is 9.73. The van der Waals surface area contributed by atoms with Crippen LogP contribution in [0.3, 0.4) is 0 Å². The Labute approximate surface area is 48.1 Å². The van der Waals surface area contributed by atoms with E-state index in [0.717, 1.165) is 6.29 Å². The van der Waals surface area contributed by atoms with Gasteiger partial charge in [-0.25, -0.2) is 0 Å². The minimum atomic E-state index is -0.0231. The Kier molecular flexibility index (Phi) is 3.84. The zero-order valence-electron chi connectivity index (χ0n) is 4.76. The zero-order valence-corrected chi connectivity index (χ0v) is 4.76. The molecule has 1 amide bonds. The van der Waals surface area contributed by atoms with Crippen molar-refractivity contribution in [1.82, 2.24) is 5.32 Å². The normalized spacial score (nSPS) is 12.1.